The maximum Gasteiger partial charge on any atom is 0.335 e. The first-order valence-corrected chi connectivity index (χ1v) is 9.97. The van der Waals surface area contributed by atoms with Crippen LogP contribution in [0.3, 0.4) is 0 Å². The summed E-state index contributed by atoms with van der Waals surface area (Å²) in [5.41, 5.74) is 6.62. The van der Waals surface area contributed by atoms with Crippen LogP contribution in [0.2, 0.25) is 0 Å². The average Bonchev–Trinajstić information content (AvgIpc) is 2.65. The molecule has 2 aromatic carbocycles. The third-order valence-electron chi connectivity index (χ3n) is 5.99. The topological polar surface area (TPSA) is 37.3 Å². The fourth-order valence-electron chi connectivity index (χ4n) is 4.11. The molecule has 0 fully saturated rings. The second-order valence-electron chi connectivity index (χ2n) is 9.06. The lowest BCUT2D eigenvalue weighted by atomic mass is 9.63. The van der Waals surface area contributed by atoms with Crippen LogP contribution in [0.15, 0.2) is 54.6 Å². The van der Waals surface area contributed by atoms with Gasteiger partial charge in [-0.3, -0.25) is 0 Å². The van der Waals surface area contributed by atoms with Crippen molar-refractivity contribution in [3.8, 4) is 0 Å². The predicted molar refractivity (Wildman–Crippen MR) is 118 cm³/mol. The van der Waals surface area contributed by atoms with E-state index in [9.17, 15) is 9.90 Å². The van der Waals surface area contributed by atoms with Gasteiger partial charge in [0.1, 0.15) is 0 Å². The smallest absolute Gasteiger partial charge is 0.335 e. The Balaban J connectivity index is 2.10. The zero-order chi connectivity index (χ0) is 20.5. The summed E-state index contributed by atoms with van der Waals surface area (Å²) in [5, 5.41) is 9.31. The van der Waals surface area contributed by atoms with Crippen LogP contribution in [-0.4, -0.2) is 11.1 Å². The maximum atomic E-state index is 11.3. The lowest BCUT2D eigenvalue weighted by molar-refractivity contribution is 0.0697. The zero-order valence-corrected chi connectivity index (χ0v) is 17.5. The van der Waals surface area contributed by atoms with E-state index in [1.807, 2.05) is 25.1 Å². The minimum Gasteiger partial charge on any atom is -0.478 e. The molecule has 0 radical (unpaired) electrons. The van der Waals surface area contributed by atoms with Gasteiger partial charge in [0.25, 0.3) is 0 Å². The number of carboxylic acid groups (broad SMARTS) is 1. The van der Waals surface area contributed by atoms with Gasteiger partial charge in [-0.15, -0.1) is 0 Å². The number of hydrogen-bond acceptors (Lipinski definition) is 1. The first-order valence-electron chi connectivity index (χ1n) is 9.97. The first-order chi connectivity index (χ1) is 13.1. The fourth-order valence-corrected chi connectivity index (χ4v) is 4.11. The van der Waals surface area contributed by atoms with E-state index in [0.717, 1.165) is 16.7 Å². The standard InChI is InChI=1S/C26H30O2/c1-6-8-19(20-9-7-10-21(17-20)24(27)28)15-18-11-12-22-23(16-18)26(4,5)14-13-25(22,2)3/h6-12,15-17H,13-14H2,1-5H3,(H,27,28)/b8-6?,19-15-. The minimum absolute atomic E-state index is 0.165. The van der Waals surface area contributed by atoms with Crippen molar-refractivity contribution in [3.63, 3.8) is 0 Å². The van der Waals surface area contributed by atoms with Crippen molar-refractivity contribution in [2.24, 2.45) is 0 Å². The average molecular weight is 375 g/mol. The van der Waals surface area contributed by atoms with Crippen molar-refractivity contribution in [2.75, 3.05) is 0 Å². The van der Waals surface area contributed by atoms with Crippen molar-refractivity contribution in [1.29, 1.82) is 0 Å². The largest absolute Gasteiger partial charge is 0.478 e. The van der Waals surface area contributed by atoms with Crippen LogP contribution in [0.4, 0.5) is 0 Å². The van der Waals surface area contributed by atoms with Crippen LogP contribution in [0, 0.1) is 0 Å². The van der Waals surface area contributed by atoms with Crippen LogP contribution < -0.4 is 0 Å². The van der Waals surface area contributed by atoms with Gasteiger partial charge >= 0.3 is 5.97 Å². The predicted octanol–water partition coefficient (Wildman–Crippen LogP) is 6.85. The van der Waals surface area contributed by atoms with Crippen LogP contribution >= 0.6 is 0 Å². The molecular formula is C26H30O2. The van der Waals surface area contributed by atoms with Gasteiger partial charge in [-0.1, -0.05) is 70.2 Å². The molecule has 0 amide bonds. The molecule has 0 aromatic heterocycles. The Hall–Kier alpha value is -2.61. The molecule has 3 rings (SSSR count). The molecule has 1 aliphatic rings. The van der Waals surface area contributed by atoms with Crippen molar-refractivity contribution in [3.05, 3.63) is 82.4 Å². The summed E-state index contributed by atoms with van der Waals surface area (Å²) in [6.45, 7) is 11.3. The molecule has 0 bridgehead atoms. The van der Waals surface area contributed by atoms with Crippen molar-refractivity contribution in [2.45, 2.75) is 58.3 Å². The van der Waals surface area contributed by atoms with Gasteiger partial charge in [0.2, 0.25) is 0 Å². The van der Waals surface area contributed by atoms with Gasteiger partial charge in [-0.2, -0.15) is 0 Å². The highest BCUT2D eigenvalue weighted by Crippen LogP contribution is 2.46. The molecule has 2 aromatic rings. The number of fused-ring (bicyclic) bond motifs is 1. The van der Waals surface area contributed by atoms with Crippen LogP contribution in [0.5, 0.6) is 0 Å². The van der Waals surface area contributed by atoms with Crippen molar-refractivity contribution >= 4 is 17.6 Å². The van der Waals surface area contributed by atoms with E-state index in [-0.39, 0.29) is 10.8 Å². The number of aromatic carboxylic acids is 1. The third-order valence-corrected chi connectivity index (χ3v) is 5.99. The quantitative estimate of drug-likeness (QED) is 0.469. The Morgan fingerprint density at radius 3 is 2.21 bits per heavy atom. The number of carbonyl (C=O) groups is 1. The van der Waals surface area contributed by atoms with Gasteiger partial charge in [-0.25, -0.2) is 4.79 Å². The van der Waals surface area contributed by atoms with E-state index in [0.29, 0.717) is 5.56 Å². The van der Waals surface area contributed by atoms with E-state index in [4.69, 9.17) is 0 Å². The highest BCUT2D eigenvalue weighted by Gasteiger charge is 2.36. The molecule has 0 atom stereocenters. The van der Waals surface area contributed by atoms with Crippen molar-refractivity contribution in [1.82, 2.24) is 0 Å². The second kappa shape index (κ2) is 7.43. The van der Waals surface area contributed by atoms with Gasteiger partial charge in [-0.05, 0) is 76.6 Å². The summed E-state index contributed by atoms with van der Waals surface area (Å²) >= 11 is 0. The Bertz CT molecular complexity index is 958. The van der Waals surface area contributed by atoms with E-state index in [1.165, 1.54) is 24.0 Å². The Morgan fingerprint density at radius 2 is 1.57 bits per heavy atom. The van der Waals surface area contributed by atoms with Crippen molar-refractivity contribution < 1.29 is 9.90 Å². The normalized spacial score (nSPS) is 18.1. The SMILES string of the molecule is CC=C/C(=C/c1ccc2c(c1)C(C)(C)CCC2(C)C)c1cccc(C(=O)O)c1. The summed E-state index contributed by atoms with van der Waals surface area (Å²) in [7, 11) is 0. The van der Waals surface area contributed by atoms with E-state index < -0.39 is 5.97 Å². The minimum atomic E-state index is -0.903. The third kappa shape index (κ3) is 3.96. The van der Waals surface area contributed by atoms with Crippen LogP contribution in [0.1, 0.15) is 80.1 Å². The fraction of sp³-hybridized carbons (Fsp3) is 0.346. The molecule has 0 saturated carbocycles. The molecule has 0 unspecified atom stereocenters. The second-order valence-corrected chi connectivity index (χ2v) is 9.06. The molecular weight excluding hydrogens is 344 g/mol. The molecule has 146 valence electrons. The highest BCUT2D eigenvalue weighted by atomic mass is 16.4. The molecule has 2 nitrogen and oxygen atoms in total. The summed E-state index contributed by atoms with van der Waals surface area (Å²) in [6.07, 6.45) is 8.57. The molecule has 1 aliphatic carbocycles. The van der Waals surface area contributed by atoms with Gasteiger partial charge in [0.05, 0.1) is 5.56 Å². The van der Waals surface area contributed by atoms with Gasteiger partial charge < -0.3 is 5.11 Å². The Labute approximate surface area is 168 Å². The number of allylic oxidation sites excluding steroid dienone is 3. The van der Waals surface area contributed by atoms with Crippen LogP contribution in [-0.2, 0) is 10.8 Å². The lowest BCUT2D eigenvalue weighted by Gasteiger charge is -2.42. The number of carboxylic acids is 1. The van der Waals surface area contributed by atoms with E-state index >= 15 is 0 Å². The zero-order valence-electron chi connectivity index (χ0n) is 17.5. The monoisotopic (exact) mass is 374 g/mol. The number of benzene rings is 2. The maximum absolute atomic E-state index is 11.3. The molecule has 0 saturated heterocycles. The summed E-state index contributed by atoms with van der Waals surface area (Å²) in [6, 6.07) is 13.9. The summed E-state index contributed by atoms with van der Waals surface area (Å²) < 4.78 is 0. The molecule has 28 heavy (non-hydrogen) atoms. The molecule has 2 heteroatoms. The summed E-state index contributed by atoms with van der Waals surface area (Å²) in [4.78, 5) is 11.3. The molecule has 0 aliphatic heterocycles. The summed E-state index contributed by atoms with van der Waals surface area (Å²) in [5.74, 6) is -0.903. The van der Waals surface area contributed by atoms with E-state index in [1.54, 1.807) is 18.2 Å². The van der Waals surface area contributed by atoms with E-state index in [2.05, 4.69) is 52.0 Å². The Morgan fingerprint density at radius 1 is 0.929 bits per heavy atom. The van der Waals surface area contributed by atoms with Gasteiger partial charge in [0.15, 0.2) is 0 Å². The highest BCUT2D eigenvalue weighted by molar-refractivity contribution is 5.92. The lowest BCUT2D eigenvalue weighted by Crippen LogP contribution is -2.33. The first kappa shape index (κ1) is 20.1. The molecule has 0 spiro atoms. The molecule has 0 heterocycles. The number of rotatable bonds is 4. The molecule has 1 N–H and O–H groups in total. The Kier molecular flexibility index (Phi) is 5.34. The van der Waals surface area contributed by atoms with Crippen LogP contribution in [0.25, 0.3) is 11.6 Å². The van der Waals surface area contributed by atoms with Gasteiger partial charge in [0, 0.05) is 0 Å². The number of hydrogen-bond donors (Lipinski definition) is 1.